The summed E-state index contributed by atoms with van der Waals surface area (Å²) in [5.41, 5.74) is 0.705. The van der Waals surface area contributed by atoms with Gasteiger partial charge in [-0.05, 0) is 49.1 Å². The van der Waals surface area contributed by atoms with Crippen molar-refractivity contribution in [1.29, 1.82) is 0 Å². The first-order valence-corrected chi connectivity index (χ1v) is 11.6. The fraction of sp³-hybridized carbons (Fsp3) is 0.480. The first kappa shape index (κ1) is 24.0. The summed E-state index contributed by atoms with van der Waals surface area (Å²) in [6.45, 7) is 0.724. The summed E-state index contributed by atoms with van der Waals surface area (Å²) in [7, 11) is 3.18. The molecule has 2 aromatic carbocycles. The molecule has 1 saturated carbocycles. The smallest absolute Gasteiger partial charge is 0.269 e. The van der Waals surface area contributed by atoms with Crippen molar-refractivity contribution >= 4 is 17.3 Å². The van der Waals surface area contributed by atoms with E-state index in [9.17, 15) is 20.0 Å². The average molecular weight is 470 g/mol. The van der Waals surface area contributed by atoms with Gasteiger partial charge in [0.25, 0.3) is 5.69 Å². The Morgan fingerprint density at radius 3 is 2.56 bits per heavy atom. The highest BCUT2D eigenvalue weighted by Gasteiger charge is 2.49. The van der Waals surface area contributed by atoms with Crippen LogP contribution in [-0.4, -0.2) is 53.7 Å². The Balaban J connectivity index is 1.58. The van der Waals surface area contributed by atoms with Gasteiger partial charge in [-0.1, -0.05) is 18.9 Å². The zero-order valence-electron chi connectivity index (χ0n) is 19.5. The summed E-state index contributed by atoms with van der Waals surface area (Å²) in [6, 6.07) is 11.4. The van der Waals surface area contributed by atoms with Gasteiger partial charge in [0.1, 0.15) is 0 Å². The number of carbonyl (C=O) groups excluding carboxylic acids is 1. The van der Waals surface area contributed by atoms with Crippen molar-refractivity contribution in [2.24, 2.45) is 5.92 Å². The molecule has 9 nitrogen and oxygen atoms in total. The Bertz CT molecular complexity index is 1040. The first-order valence-electron chi connectivity index (χ1n) is 11.6. The topological polar surface area (TPSA) is 114 Å². The Morgan fingerprint density at radius 1 is 1.15 bits per heavy atom. The fourth-order valence-electron chi connectivity index (χ4n) is 5.45. The largest absolute Gasteiger partial charge is 0.493 e. The van der Waals surface area contributed by atoms with Crippen LogP contribution in [0.25, 0.3) is 0 Å². The van der Waals surface area contributed by atoms with E-state index in [1.54, 1.807) is 14.2 Å². The van der Waals surface area contributed by atoms with Crippen LogP contribution in [0.2, 0.25) is 0 Å². The molecule has 3 unspecified atom stereocenters. The van der Waals surface area contributed by atoms with Gasteiger partial charge < -0.3 is 19.9 Å². The molecule has 0 radical (unpaired) electrons. The third-order valence-electron chi connectivity index (χ3n) is 7.13. The Kier molecular flexibility index (Phi) is 7.04. The van der Waals surface area contributed by atoms with Crippen LogP contribution >= 0.6 is 0 Å². The van der Waals surface area contributed by atoms with E-state index < -0.39 is 10.5 Å². The number of rotatable bonds is 7. The van der Waals surface area contributed by atoms with Gasteiger partial charge in [0.15, 0.2) is 11.5 Å². The van der Waals surface area contributed by atoms with Gasteiger partial charge >= 0.3 is 0 Å². The zero-order chi connectivity index (χ0) is 24.3. The minimum absolute atomic E-state index is 0.000255. The molecule has 1 saturated heterocycles. The van der Waals surface area contributed by atoms with Crippen molar-refractivity contribution in [2.75, 3.05) is 32.6 Å². The minimum Gasteiger partial charge on any atom is -0.493 e. The second kappa shape index (κ2) is 9.99. The van der Waals surface area contributed by atoms with Crippen molar-refractivity contribution in [3.05, 3.63) is 58.1 Å². The number of methoxy groups -OCH3 is 2. The van der Waals surface area contributed by atoms with E-state index in [1.165, 1.54) is 24.3 Å². The fourth-order valence-corrected chi connectivity index (χ4v) is 5.45. The summed E-state index contributed by atoms with van der Waals surface area (Å²) < 4.78 is 10.9. The molecule has 0 spiro atoms. The minimum atomic E-state index is -0.749. The van der Waals surface area contributed by atoms with E-state index in [-0.39, 0.29) is 30.1 Å². The number of nitro benzene ring substituents is 1. The van der Waals surface area contributed by atoms with Gasteiger partial charge in [-0.15, -0.1) is 0 Å². The third kappa shape index (κ3) is 4.85. The van der Waals surface area contributed by atoms with Gasteiger partial charge in [-0.3, -0.25) is 19.8 Å². The number of nitrogens with zero attached hydrogens (tertiary/aromatic N) is 2. The third-order valence-corrected chi connectivity index (χ3v) is 7.13. The van der Waals surface area contributed by atoms with Crippen molar-refractivity contribution in [3.8, 4) is 11.5 Å². The molecule has 1 aliphatic carbocycles. The van der Waals surface area contributed by atoms with Gasteiger partial charge in [-0.25, -0.2) is 0 Å². The number of non-ortho nitro benzene ring substituents is 1. The van der Waals surface area contributed by atoms with E-state index in [0.717, 1.165) is 31.2 Å². The maximum absolute atomic E-state index is 12.9. The average Bonchev–Trinajstić information content (AvgIpc) is 2.84. The van der Waals surface area contributed by atoms with Crippen LogP contribution in [0.4, 0.5) is 11.4 Å². The molecule has 2 N–H and O–H groups in total. The number of amides is 1. The SMILES string of the molecule is COc1ccc(C2C3CCCCC3(O)CCN2CC(=O)Nc2ccc([N+](=O)[O-])cc2)cc1OC. The molecule has 1 amide bonds. The molecule has 2 fully saturated rings. The Morgan fingerprint density at radius 2 is 1.88 bits per heavy atom. The predicted octanol–water partition coefficient (Wildman–Crippen LogP) is 3.92. The summed E-state index contributed by atoms with van der Waals surface area (Å²) in [5, 5.41) is 25.2. The van der Waals surface area contributed by atoms with Crippen LogP contribution in [0.15, 0.2) is 42.5 Å². The molecule has 9 heteroatoms. The lowest BCUT2D eigenvalue weighted by Crippen LogP contribution is -2.56. The van der Waals surface area contributed by atoms with Crippen molar-refractivity contribution in [1.82, 2.24) is 4.90 Å². The number of likely N-dealkylation sites (tertiary alicyclic amines) is 1. The second-order valence-corrected chi connectivity index (χ2v) is 9.09. The predicted molar refractivity (Wildman–Crippen MR) is 127 cm³/mol. The standard InChI is InChI=1S/C25H31N3O6/c1-33-21-11-6-17(15-22(21)34-2)24-20-5-3-4-12-25(20,30)13-14-27(24)16-23(29)26-18-7-9-19(10-8-18)28(31)32/h6-11,15,20,24,30H,3-5,12-14,16H2,1-2H3,(H,26,29). The number of ether oxygens (including phenoxy) is 2. The van der Waals surface area contributed by atoms with E-state index >= 15 is 0 Å². The van der Waals surface area contributed by atoms with Crippen molar-refractivity contribution in [3.63, 3.8) is 0 Å². The number of anilines is 1. The van der Waals surface area contributed by atoms with Gasteiger partial charge in [-0.2, -0.15) is 0 Å². The molecule has 1 heterocycles. The van der Waals surface area contributed by atoms with Crippen molar-refractivity contribution in [2.45, 2.75) is 43.7 Å². The number of aliphatic hydroxyl groups is 1. The lowest BCUT2D eigenvalue weighted by atomic mass is 9.66. The second-order valence-electron chi connectivity index (χ2n) is 9.09. The quantitative estimate of drug-likeness (QED) is 0.467. The maximum Gasteiger partial charge on any atom is 0.269 e. The van der Waals surface area contributed by atoms with Gasteiger partial charge in [0, 0.05) is 36.3 Å². The molecule has 34 heavy (non-hydrogen) atoms. The first-order chi connectivity index (χ1) is 16.3. The lowest BCUT2D eigenvalue weighted by Gasteiger charge is -2.52. The van der Waals surface area contributed by atoms with Crippen molar-refractivity contribution < 1.29 is 24.3 Å². The molecule has 1 aliphatic heterocycles. The zero-order valence-corrected chi connectivity index (χ0v) is 19.5. The number of piperidine rings is 1. The maximum atomic E-state index is 12.9. The molecule has 4 rings (SSSR count). The number of hydrogen-bond donors (Lipinski definition) is 2. The van der Waals surface area contributed by atoms with E-state index in [0.29, 0.717) is 30.2 Å². The number of benzene rings is 2. The summed E-state index contributed by atoms with van der Waals surface area (Å²) in [6.07, 6.45) is 4.32. The highest BCUT2D eigenvalue weighted by atomic mass is 16.6. The van der Waals surface area contributed by atoms with Crippen LogP contribution in [0, 0.1) is 16.0 Å². The summed E-state index contributed by atoms with van der Waals surface area (Å²) in [4.78, 5) is 25.5. The van der Waals surface area contributed by atoms with E-state index in [1.807, 2.05) is 18.2 Å². The Labute approximate surface area is 198 Å². The number of nitro groups is 1. The Hall–Kier alpha value is -3.17. The molecule has 182 valence electrons. The molecule has 2 aromatic rings. The molecule has 3 atom stereocenters. The number of fused-ring (bicyclic) bond motifs is 1. The molecular formula is C25H31N3O6. The lowest BCUT2D eigenvalue weighted by molar-refractivity contribution is -0.384. The normalized spacial score (nSPS) is 24.7. The highest BCUT2D eigenvalue weighted by Crippen LogP contribution is 2.50. The number of nitrogens with one attached hydrogen (secondary N) is 1. The highest BCUT2D eigenvalue weighted by molar-refractivity contribution is 5.92. The summed E-state index contributed by atoms with van der Waals surface area (Å²) in [5.74, 6) is 1.03. The molecular weight excluding hydrogens is 438 g/mol. The molecule has 2 aliphatic rings. The monoisotopic (exact) mass is 469 g/mol. The molecule has 0 aromatic heterocycles. The number of carbonyl (C=O) groups is 1. The van der Waals surface area contributed by atoms with Gasteiger partial charge in [0.05, 0.1) is 31.3 Å². The summed E-state index contributed by atoms with van der Waals surface area (Å²) >= 11 is 0. The molecule has 0 bridgehead atoms. The van der Waals surface area contributed by atoms with Crippen LogP contribution in [0.3, 0.4) is 0 Å². The van der Waals surface area contributed by atoms with Crippen LogP contribution in [0.5, 0.6) is 11.5 Å². The van der Waals surface area contributed by atoms with E-state index in [2.05, 4.69) is 10.2 Å². The van der Waals surface area contributed by atoms with Gasteiger partial charge in [0.2, 0.25) is 5.91 Å². The van der Waals surface area contributed by atoms with Crippen LogP contribution in [0.1, 0.15) is 43.7 Å². The van der Waals surface area contributed by atoms with Crippen LogP contribution in [-0.2, 0) is 4.79 Å². The van der Waals surface area contributed by atoms with E-state index in [4.69, 9.17) is 9.47 Å². The number of hydrogen-bond acceptors (Lipinski definition) is 7. The van der Waals surface area contributed by atoms with Crippen LogP contribution < -0.4 is 14.8 Å².